The highest BCUT2D eigenvalue weighted by Crippen LogP contribution is 2.49. The van der Waals surface area contributed by atoms with Crippen LogP contribution < -0.4 is 0 Å². The smallest absolute Gasteiger partial charge is 0.298 e. The molecule has 0 N–H and O–H groups in total. The fraction of sp³-hybridized carbons (Fsp3) is 0.320. The van der Waals surface area contributed by atoms with Crippen LogP contribution in [0.4, 0.5) is 22.0 Å². The van der Waals surface area contributed by atoms with E-state index in [0.717, 1.165) is 30.6 Å². The Hall–Kier alpha value is -3.25. The predicted octanol–water partition coefficient (Wildman–Crippen LogP) is 4.79. The Kier molecular flexibility index (Phi) is 6.35. The van der Waals surface area contributed by atoms with Crippen molar-refractivity contribution in [3.63, 3.8) is 0 Å². The fourth-order valence-electron chi connectivity index (χ4n) is 5.01. The van der Waals surface area contributed by atoms with Gasteiger partial charge in [0.25, 0.3) is 0 Å². The number of hydrogen-bond donors (Lipinski definition) is 0. The molecule has 194 valence electrons. The molecule has 6 rings (SSSR count). The molecule has 0 spiro atoms. The number of rotatable bonds is 7. The Morgan fingerprint density at radius 3 is 2.22 bits per heavy atom. The Morgan fingerprint density at radius 2 is 1.59 bits per heavy atom. The van der Waals surface area contributed by atoms with E-state index in [1.54, 1.807) is 0 Å². The number of hydrogen-bond acceptors (Lipinski definition) is 5. The second kappa shape index (κ2) is 9.25. The first-order valence-electron chi connectivity index (χ1n) is 11.4. The molecule has 37 heavy (non-hydrogen) atoms. The monoisotopic (exact) mass is 537 g/mol. The Bertz CT molecular complexity index is 1440. The minimum Gasteiger partial charge on any atom is -0.298 e. The van der Waals surface area contributed by atoms with Gasteiger partial charge in [-0.15, -0.1) is 0 Å². The molecule has 1 aliphatic carbocycles. The molecule has 2 aliphatic heterocycles. The summed E-state index contributed by atoms with van der Waals surface area (Å²) in [4.78, 5) is 19.7. The minimum absolute atomic E-state index is 0.0598. The summed E-state index contributed by atoms with van der Waals surface area (Å²) in [6.45, 7) is 0. The third-order valence-corrected chi connectivity index (χ3v) is 8.75. The third-order valence-electron chi connectivity index (χ3n) is 6.81. The molecule has 3 aliphatic rings. The number of nitrogens with zero attached hydrogens (tertiary/aromatic N) is 3. The molecule has 2 saturated heterocycles. The topological polar surface area (TPSA) is 80.2 Å². The van der Waals surface area contributed by atoms with Crippen molar-refractivity contribution in [1.29, 1.82) is 0 Å². The zero-order valence-corrected chi connectivity index (χ0v) is 19.9. The summed E-state index contributed by atoms with van der Waals surface area (Å²) >= 11 is 0. The number of aryl methyl sites for hydroxylation is 1. The van der Waals surface area contributed by atoms with E-state index in [9.17, 15) is 35.2 Å². The average Bonchev–Trinajstić information content (AvgIpc) is 3.40. The second-order valence-corrected chi connectivity index (χ2v) is 11.1. The molecule has 3 heterocycles. The van der Waals surface area contributed by atoms with E-state index in [0.29, 0.717) is 18.4 Å². The number of carbonyl (C=O) groups excluding carboxylic acids is 1. The third kappa shape index (κ3) is 4.87. The molecular formula is C25H20F5N3O3S. The van der Waals surface area contributed by atoms with Crippen LogP contribution in [0.1, 0.15) is 30.7 Å². The zero-order valence-electron chi connectivity index (χ0n) is 19.1. The van der Waals surface area contributed by atoms with Crippen molar-refractivity contribution in [2.45, 2.75) is 48.8 Å². The number of alkyl halides is 3. The van der Waals surface area contributed by atoms with Gasteiger partial charge in [-0.25, -0.2) is 27.2 Å². The Morgan fingerprint density at radius 1 is 0.946 bits per heavy atom. The highest BCUT2D eigenvalue weighted by molar-refractivity contribution is 7.89. The summed E-state index contributed by atoms with van der Waals surface area (Å²) in [5.74, 6) is -2.95. The van der Waals surface area contributed by atoms with Crippen LogP contribution >= 0.6 is 0 Å². The van der Waals surface area contributed by atoms with E-state index in [1.807, 2.05) is 0 Å². The van der Waals surface area contributed by atoms with Gasteiger partial charge in [-0.3, -0.25) is 4.79 Å². The van der Waals surface area contributed by atoms with Gasteiger partial charge in [0, 0.05) is 30.4 Å². The first-order chi connectivity index (χ1) is 17.4. The average molecular weight is 538 g/mol. The molecule has 0 radical (unpaired) electrons. The summed E-state index contributed by atoms with van der Waals surface area (Å²) in [5, 5.41) is 0. The molecule has 6 nitrogen and oxygen atoms in total. The molecule has 12 heteroatoms. The van der Waals surface area contributed by atoms with Gasteiger partial charge in [0.15, 0.2) is 5.78 Å². The number of Topliss-reactive ketones (excluding diaryl/α,β-unsaturated/α-hetero) is 1. The van der Waals surface area contributed by atoms with E-state index < -0.39 is 39.7 Å². The Balaban J connectivity index is 1.32. The van der Waals surface area contributed by atoms with Gasteiger partial charge in [-0.1, -0.05) is 6.07 Å². The normalized spacial score (nSPS) is 21.6. The number of ketones is 1. The summed E-state index contributed by atoms with van der Waals surface area (Å²) in [7, 11) is -4.01. The maximum Gasteiger partial charge on any atom is 0.451 e. The SMILES string of the molecule is O=C(CCc1cc(F)cc(-c2cnc(C(F)(F)F)nc2)c1)[C@@H]1C2CC(C2)N1S(=O)(=O)c1ccc(F)cc1. The zero-order chi connectivity index (χ0) is 26.5. The van der Waals surface area contributed by atoms with Crippen LogP contribution in [0.5, 0.6) is 0 Å². The quantitative estimate of drug-likeness (QED) is 0.405. The number of halogens is 5. The number of carbonyl (C=O) groups is 1. The molecule has 1 saturated carbocycles. The lowest BCUT2D eigenvalue weighted by Crippen LogP contribution is -2.41. The van der Waals surface area contributed by atoms with Crippen LogP contribution in [0.2, 0.25) is 0 Å². The van der Waals surface area contributed by atoms with Crippen LogP contribution in [-0.4, -0.2) is 40.6 Å². The van der Waals surface area contributed by atoms with Crippen LogP contribution in [0, 0.1) is 17.6 Å². The van der Waals surface area contributed by atoms with Crippen LogP contribution in [0.3, 0.4) is 0 Å². The fourth-order valence-corrected chi connectivity index (χ4v) is 6.89. The van der Waals surface area contributed by atoms with Gasteiger partial charge >= 0.3 is 6.18 Å². The maximum absolute atomic E-state index is 14.3. The van der Waals surface area contributed by atoms with Crippen molar-refractivity contribution in [1.82, 2.24) is 14.3 Å². The van der Waals surface area contributed by atoms with Crippen molar-refractivity contribution in [3.05, 3.63) is 77.9 Å². The highest BCUT2D eigenvalue weighted by Gasteiger charge is 2.58. The molecule has 2 aromatic carbocycles. The summed E-state index contributed by atoms with van der Waals surface area (Å²) in [6.07, 6.45) is -1.64. The molecule has 3 aromatic rings. The molecule has 1 aromatic heterocycles. The minimum atomic E-state index is -4.70. The van der Waals surface area contributed by atoms with Gasteiger partial charge in [0.1, 0.15) is 11.6 Å². The number of sulfonamides is 1. The summed E-state index contributed by atoms with van der Waals surface area (Å²) in [6, 6.07) is 7.15. The highest BCUT2D eigenvalue weighted by atomic mass is 32.2. The van der Waals surface area contributed by atoms with Crippen LogP contribution in [0.25, 0.3) is 11.1 Å². The lowest BCUT2D eigenvalue weighted by Gasteiger charge is -2.25. The molecule has 1 atom stereocenters. The van der Waals surface area contributed by atoms with Crippen LogP contribution in [-0.2, 0) is 27.4 Å². The lowest BCUT2D eigenvalue weighted by atomic mass is 9.81. The first kappa shape index (κ1) is 25.4. The molecule has 0 unspecified atom stereocenters. The first-order valence-corrected chi connectivity index (χ1v) is 12.9. The molecule has 0 amide bonds. The van der Waals surface area contributed by atoms with E-state index >= 15 is 0 Å². The molecule has 3 fully saturated rings. The maximum atomic E-state index is 14.3. The number of fused-ring (bicyclic) bond motifs is 1. The number of aromatic nitrogens is 2. The van der Waals surface area contributed by atoms with E-state index in [-0.39, 0.29) is 46.6 Å². The van der Waals surface area contributed by atoms with Crippen molar-refractivity contribution in [2.24, 2.45) is 5.92 Å². The van der Waals surface area contributed by atoms with Gasteiger partial charge in [0.2, 0.25) is 15.8 Å². The standard InChI is InChI=1S/C25H20F5N3O3S/c26-18-2-4-21(5-3-18)37(35,36)33-20-10-16(11-20)23(33)22(34)6-1-14-7-15(9-19(27)8-14)17-12-31-24(32-13-17)25(28,29)30/h2-5,7-9,12-13,16,20,23H,1,6,10-11H2/t16?,20?,23-/m0/s1. The van der Waals surface area contributed by atoms with Gasteiger partial charge in [0.05, 0.1) is 10.9 Å². The van der Waals surface area contributed by atoms with E-state index in [2.05, 4.69) is 9.97 Å². The van der Waals surface area contributed by atoms with Gasteiger partial charge in [-0.2, -0.15) is 17.5 Å². The Labute approximate surface area is 209 Å². The van der Waals surface area contributed by atoms with Crippen molar-refractivity contribution < 1.29 is 35.2 Å². The van der Waals surface area contributed by atoms with E-state index in [1.165, 1.54) is 28.6 Å². The molecule has 2 bridgehead atoms. The largest absolute Gasteiger partial charge is 0.451 e. The number of benzene rings is 2. The van der Waals surface area contributed by atoms with E-state index in [4.69, 9.17) is 0 Å². The lowest BCUT2D eigenvalue weighted by molar-refractivity contribution is -0.145. The summed E-state index contributed by atoms with van der Waals surface area (Å²) < 4.78 is 93.4. The van der Waals surface area contributed by atoms with Crippen molar-refractivity contribution in [2.75, 3.05) is 0 Å². The second-order valence-electron chi connectivity index (χ2n) is 9.23. The summed E-state index contributed by atoms with van der Waals surface area (Å²) in [5.41, 5.74) is 0.842. The van der Waals surface area contributed by atoms with Crippen LogP contribution in [0.15, 0.2) is 59.8 Å². The molecular weight excluding hydrogens is 517 g/mol. The van der Waals surface area contributed by atoms with Crippen molar-refractivity contribution in [3.8, 4) is 11.1 Å². The van der Waals surface area contributed by atoms with Gasteiger partial charge < -0.3 is 0 Å². The predicted molar refractivity (Wildman–Crippen MR) is 121 cm³/mol. The van der Waals surface area contributed by atoms with Crippen molar-refractivity contribution >= 4 is 15.8 Å². The van der Waals surface area contributed by atoms with Gasteiger partial charge in [-0.05, 0) is 72.7 Å².